The summed E-state index contributed by atoms with van der Waals surface area (Å²) in [7, 11) is -0.986. The molecule has 0 aromatic heterocycles. The maximum Gasteiger partial charge on any atom is 0.171 e. The Morgan fingerprint density at radius 1 is 1.35 bits per heavy atom. The molecule has 3 heteroatoms. The highest BCUT2D eigenvalue weighted by Gasteiger charge is 2.43. The fourth-order valence-electron chi connectivity index (χ4n) is 2.52. The molecule has 1 rings (SSSR count). The Bertz CT molecular complexity index is 219. The van der Waals surface area contributed by atoms with E-state index in [2.05, 4.69) is 40.8 Å². The first kappa shape index (κ1) is 15.2. The Kier molecular flexibility index (Phi) is 5.67. The Morgan fingerprint density at radius 2 is 1.94 bits per heavy atom. The number of unbranched alkanes of at least 4 members (excludes halogenated alkanes) is 1. The molecule has 0 spiro atoms. The van der Waals surface area contributed by atoms with Crippen LogP contribution in [0.15, 0.2) is 0 Å². The topological polar surface area (TPSA) is 21.8 Å². The van der Waals surface area contributed by atoms with Crippen molar-refractivity contribution in [2.45, 2.75) is 72.3 Å². The first-order valence-electron chi connectivity index (χ1n) is 7.13. The van der Waals surface area contributed by atoms with Gasteiger partial charge < -0.3 is 9.16 Å². The van der Waals surface area contributed by atoms with Crippen LogP contribution in [-0.2, 0) is 9.16 Å². The summed E-state index contributed by atoms with van der Waals surface area (Å²) in [5.74, 6) is 0.629. The summed E-state index contributed by atoms with van der Waals surface area (Å²) in [5, 5.41) is 0. The van der Waals surface area contributed by atoms with Crippen molar-refractivity contribution in [3.05, 3.63) is 0 Å². The van der Waals surface area contributed by atoms with Crippen LogP contribution < -0.4 is 0 Å². The van der Waals surface area contributed by atoms with Gasteiger partial charge in [0, 0.05) is 0 Å². The highest BCUT2D eigenvalue weighted by Crippen LogP contribution is 2.39. The van der Waals surface area contributed by atoms with Crippen molar-refractivity contribution in [1.29, 1.82) is 0 Å². The molecule has 2 nitrogen and oxygen atoms in total. The smallest absolute Gasteiger partial charge is 0.171 e. The molecule has 102 valence electrons. The molecule has 1 aliphatic heterocycles. The lowest BCUT2D eigenvalue weighted by Gasteiger charge is -2.37. The maximum atomic E-state index is 6.27. The molecule has 17 heavy (non-hydrogen) atoms. The predicted octanol–water partition coefficient (Wildman–Crippen LogP) is 3.61. The van der Waals surface area contributed by atoms with Gasteiger partial charge in [-0.2, -0.15) is 0 Å². The second-order valence-corrected chi connectivity index (χ2v) is 9.01. The predicted molar refractivity (Wildman–Crippen MR) is 76.0 cm³/mol. The number of hydrogen-bond acceptors (Lipinski definition) is 2. The van der Waals surface area contributed by atoms with Gasteiger partial charge in [0.25, 0.3) is 0 Å². The van der Waals surface area contributed by atoms with Crippen LogP contribution in [0.3, 0.4) is 0 Å². The highest BCUT2D eigenvalue weighted by atomic mass is 28.3. The van der Waals surface area contributed by atoms with Gasteiger partial charge in [0.1, 0.15) is 6.10 Å². The zero-order valence-electron chi connectivity index (χ0n) is 12.5. The van der Waals surface area contributed by atoms with Crippen molar-refractivity contribution in [2.75, 3.05) is 6.61 Å². The molecule has 0 bridgehead atoms. The van der Waals surface area contributed by atoms with Gasteiger partial charge in [-0.1, -0.05) is 40.5 Å². The number of ether oxygens (including phenoxy) is 1. The van der Waals surface area contributed by atoms with E-state index in [4.69, 9.17) is 9.16 Å². The average molecular weight is 258 g/mol. The Hall–Kier alpha value is 0.137. The van der Waals surface area contributed by atoms with Crippen LogP contribution >= 0.6 is 0 Å². The quantitative estimate of drug-likeness (QED) is 0.514. The number of hydrogen-bond donors (Lipinski definition) is 0. The molecule has 0 N–H and O–H groups in total. The summed E-state index contributed by atoms with van der Waals surface area (Å²) in [6.45, 7) is 14.7. The van der Waals surface area contributed by atoms with Crippen LogP contribution in [0, 0.1) is 11.3 Å². The van der Waals surface area contributed by atoms with Gasteiger partial charge in [0.15, 0.2) is 9.04 Å². The third kappa shape index (κ3) is 5.10. The van der Waals surface area contributed by atoms with Crippen molar-refractivity contribution in [1.82, 2.24) is 0 Å². The summed E-state index contributed by atoms with van der Waals surface area (Å²) in [5.41, 5.74) is 0.315. The average Bonchev–Trinajstić information content (AvgIpc) is 2.97. The minimum Gasteiger partial charge on any atom is -0.415 e. The van der Waals surface area contributed by atoms with E-state index >= 15 is 0 Å². The van der Waals surface area contributed by atoms with Gasteiger partial charge in [-0.25, -0.2) is 0 Å². The SMILES string of the molecule is CCCCC(C(O[SiH](C)C)C1CO1)C(C)(C)C. The molecule has 1 saturated heterocycles. The van der Waals surface area contributed by atoms with E-state index in [0.29, 0.717) is 23.5 Å². The Labute approximate surface area is 109 Å². The van der Waals surface area contributed by atoms with Crippen molar-refractivity contribution in [2.24, 2.45) is 11.3 Å². The fraction of sp³-hybridized carbons (Fsp3) is 1.00. The molecule has 0 aromatic carbocycles. The first-order chi connectivity index (χ1) is 7.86. The molecule has 1 aliphatic rings. The molecule has 0 saturated carbocycles. The van der Waals surface area contributed by atoms with Crippen molar-refractivity contribution in [3.8, 4) is 0 Å². The van der Waals surface area contributed by atoms with Gasteiger partial charge in [-0.3, -0.25) is 0 Å². The van der Waals surface area contributed by atoms with Gasteiger partial charge in [-0.05, 0) is 30.8 Å². The third-order valence-corrected chi connectivity index (χ3v) is 4.39. The minimum atomic E-state index is -0.986. The maximum absolute atomic E-state index is 6.27. The first-order valence-corrected chi connectivity index (χ1v) is 9.91. The van der Waals surface area contributed by atoms with Crippen molar-refractivity contribution in [3.63, 3.8) is 0 Å². The second kappa shape index (κ2) is 6.35. The van der Waals surface area contributed by atoms with Crippen molar-refractivity contribution >= 4 is 9.04 Å². The van der Waals surface area contributed by atoms with Crippen LogP contribution in [-0.4, -0.2) is 27.9 Å². The molecule has 0 aromatic rings. The summed E-state index contributed by atoms with van der Waals surface area (Å²) < 4.78 is 11.8. The van der Waals surface area contributed by atoms with Crippen LogP contribution in [0.4, 0.5) is 0 Å². The summed E-state index contributed by atoms with van der Waals surface area (Å²) in [4.78, 5) is 0. The summed E-state index contributed by atoms with van der Waals surface area (Å²) in [6.07, 6.45) is 4.56. The molecular formula is C14H30O2Si. The van der Waals surface area contributed by atoms with E-state index in [1.54, 1.807) is 0 Å². The zero-order valence-corrected chi connectivity index (χ0v) is 13.6. The zero-order chi connectivity index (χ0) is 13.1. The molecule has 0 amide bonds. The molecule has 0 aliphatic carbocycles. The monoisotopic (exact) mass is 258 g/mol. The summed E-state index contributed by atoms with van der Waals surface area (Å²) >= 11 is 0. The second-order valence-electron chi connectivity index (χ2n) is 6.64. The van der Waals surface area contributed by atoms with E-state index in [1.807, 2.05) is 0 Å². The largest absolute Gasteiger partial charge is 0.415 e. The molecule has 3 atom stereocenters. The number of epoxide rings is 1. The van der Waals surface area contributed by atoms with E-state index < -0.39 is 9.04 Å². The molecule has 1 fully saturated rings. The standard InChI is InChI=1S/C14H30O2Si/c1-7-8-9-11(14(2,3)4)13(12-10-15-12)16-17(5)6/h11-13,17H,7-10H2,1-6H3. The van der Waals surface area contributed by atoms with E-state index in [-0.39, 0.29) is 0 Å². The van der Waals surface area contributed by atoms with Crippen molar-refractivity contribution < 1.29 is 9.16 Å². The summed E-state index contributed by atoms with van der Waals surface area (Å²) in [6, 6.07) is 0. The van der Waals surface area contributed by atoms with Gasteiger partial charge in [-0.15, -0.1) is 0 Å². The van der Waals surface area contributed by atoms with Crippen LogP contribution in [0.1, 0.15) is 47.0 Å². The van der Waals surface area contributed by atoms with E-state index in [0.717, 1.165) is 6.61 Å². The van der Waals surface area contributed by atoms with Gasteiger partial charge in [0.05, 0.1) is 12.7 Å². The fourth-order valence-corrected chi connectivity index (χ4v) is 3.51. The van der Waals surface area contributed by atoms with E-state index in [1.165, 1.54) is 19.3 Å². The molecule has 1 heterocycles. The Balaban J connectivity index is 2.69. The van der Waals surface area contributed by atoms with Gasteiger partial charge >= 0.3 is 0 Å². The number of rotatable bonds is 7. The molecule has 0 radical (unpaired) electrons. The lowest BCUT2D eigenvalue weighted by atomic mass is 9.74. The van der Waals surface area contributed by atoms with Crippen LogP contribution in [0.5, 0.6) is 0 Å². The lowest BCUT2D eigenvalue weighted by Crippen LogP contribution is -2.40. The van der Waals surface area contributed by atoms with Crippen LogP contribution in [0.25, 0.3) is 0 Å². The van der Waals surface area contributed by atoms with Gasteiger partial charge in [0.2, 0.25) is 0 Å². The van der Waals surface area contributed by atoms with E-state index in [9.17, 15) is 0 Å². The lowest BCUT2D eigenvalue weighted by molar-refractivity contribution is 0.0334. The minimum absolute atomic E-state index is 0.315. The normalized spacial score (nSPS) is 23.8. The van der Waals surface area contributed by atoms with Crippen LogP contribution in [0.2, 0.25) is 13.1 Å². The molecule has 3 unspecified atom stereocenters. The highest BCUT2D eigenvalue weighted by molar-refractivity contribution is 6.48. The molecular weight excluding hydrogens is 228 g/mol. The third-order valence-electron chi connectivity index (χ3n) is 3.53. The Morgan fingerprint density at radius 3 is 2.29 bits per heavy atom.